The maximum atomic E-state index is 13.1. The van der Waals surface area contributed by atoms with Crippen LogP contribution in [0.15, 0.2) is 37.4 Å². The van der Waals surface area contributed by atoms with Crippen LogP contribution >= 0.6 is 15.2 Å². The van der Waals surface area contributed by atoms with Crippen LogP contribution in [0.4, 0.5) is 0 Å². The van der Waals surface area contributed by atoms with Crippen LogP contribution in [0.5, 0.6) is 0 Å². The molecule has 1 aromatic rings. The van der Waals surface area contributed by atoms with Crippen LogP contribution in [0.1, 0.15) is 49.9 Å². The number of allylic oxidation sites excluding steroid dienone is 2. The number of hydrogen-bond acceptors (Lipinski definition) is 6. The van der Waals surface area contributed by atoms with Gasteiger partial charge in [-0.25, -0.2) is 0 Å². The van der Waals surface area contributed by atoms with Crippen LogP contribution in [0.3, 0.4) is 0 Å². The highest BCUT2D eigenvalue weighted by Gasteiger charge is 2.29. The summed E-state index contributed by atoms with van der Waals surface area (Å²) in [5, 5.41) is 0. The fourth-order valence-corrected chi connectivity index (χ4v) is 6.75. The Bertz CT molecular complexity index is 704. The molecule has 0 aliphatic heterocycles. The van der Waals surface area contributed by atoms with Gasteiger partial charge in [0.05, 0.1) is 38.8 Å². The molecule has 0 aliphatic carbocycles. The topological polar surface area (TPSA) is 71.1 Å². The van der Waals surface area contributed by atoms with E-state index in [2.05, 4.69) is 13.2 Å². The molecule has 0 atom stereocenters. The van der Waals surface area contributed by atoms with Crippen molar-refractivity contribution in [2.75, 3.05) is 26.4 Å². The van der Waals surface area contributed by atoms with Gasteiger partial charge in [0.25, 0.3) is 0 Å². The molecule has 0 radical (unpaired) electrons. The maximum Gasteiger partial charge on any atom is 0.335 e. The predicted octanol–water partition coefficient (Wildman–Crippen LogP) is 6.68. The first-order valence-electron chi connectivity index (χ1n) is 10.4. The quantitative estimate of drug-likeness (QED) is 0.203. The molecule has 170 valence electrons. The van der Waals surface area contributed by atoms with E-state index in [1.54, 1.807) is 39.8 Å². The Balaban J connectivity index is 3.46. The molecule has 0 bridgehead atoms. The van der Waals surface area contributed by atoms with E-state index in [9.17, 15) is 9.13 Å². The molecule has 1 aromatic carbocycles. The molecule has 0 aromatic heterocycles. The van der Waals surface area contributed by atoms with Crippen LogP contribution < -0.4 is 0 Å². The summed E-state index contributed by atoms with van der Waals surface area (Å²) in [7, 11) is -6.54. The molecule has 0 fully saturated rings. The molecule has 0 amide bonds. The van der Waals surface area contributed by atoms with Gasteiger partial charge < -0.3 is 18.1 Å². The Kier molecular flexibility index (Phi) is 12.1. The fraction of sp³-hybridized carbons (Fsp3) is 0.545. The first kappa shape index (κ1) is 27.0. The van der Waals surface area contributed by atoms with E-state index in [4.69, 9.17) is 18.1 Å². The van der Waals surface area contributed by atoms with E-state index in [0.29, 0.717) is 39.3 Å². The molecule has 30 heavy (non-hydrogen) atoms. The van der Waals surface area contributed by atoms with Gasteiger partial charge in [-0.05, 0) is 62.8 Å². The van der Waals surface area contributed by atoms with E-state index in [1.165, 1.54) is 0 Å². The van der Waals surface area contributed by atoms with Crippen molar-refractivity contribution < 1.29 is 27.2 Å². The molecule has 0 unspecified atom stereocenters. The summed E-state index contributed by atoms with van der Waals surface area (Å²) >= 11 is 0. The van der Waals surface area contributed by atoms with E-state index < -0.39 is 15.2 Å². The summed E-state index contributed by atoms with van der Waals surface area (Å²) in [4.78, 5) is 0. The molecule has 0 heterocycles. The third kappa shape index (κ3) is 8.26. The Labute approximate surface area is 181 Å². The van der Waals surface area contributed by atoms with Crippen LogP contribution in [0, 0.1) is 0 Å². The SMILES string of the molecule is C=CCc1cc(CP(=O)(OCC)OCC)c(CC=C)cc1CP(=O)(OCC)OCC. The lowest BCUT2D eigenvalue weighted by Gasteiger charge is -2.22. The number of benzene rings is 1. The summed E-state index contributed by atoms with van der Waals surface area (Å²) in [6.07, 6.45) is 5.04. The Morgan fingerprint density at radius 1 is 0.667 bits per heavy atom. The van der Waals surface area contributed by atoms with Gasteiger partial charge >= 0.3 is 15.2 Å². The van der Waals surface area contributed by atoms with E-state index in [0.717, 1.165) is 22.3 Å². The normalized spacial score (nSPS) is 12.1. The van der Waals surface area contributed by atoms with Gasteiger partial charge in [-0.3, -0.25) is 9.13 Å². The average Bonchev–Trinajstić information content (AvgIpc) is 2.66. The molecule has 0 saturated heterocycles. The number of rotatable bonds is 16. The van der Waals surface area contributed by atoms with Gasteiger partial charge in [-0.2, -0.15) is 0 Å². The molecule has 1 rings (SSSR count). The molecule has 0 aliphatic rings. The predicted molar refractivity (Wildman–Crippen MR) is 123 cm³/mol. The lowest BCUT2D eigenvalue weighted by molar-refractivity contribution is 0.218. The van der Waals surface area contributed by atoms with Crippen molar-refractivity contribution in [3.05, 3.63) is 59.7 Å². The molecular formula is C22H36O6P2. The highest BCUT2D eigenvalue weighted by Crippen LogP contribution is 2.54. The van der Waals surface area contributed by atoms with Crippen molar-refractivity contribution in [3.8, 4) is 0 Å². The molecule has 0 saturated carbocycles. The Morgan fingerprint density at radius 2 is 0.967 bits per heavy atom. The molecule has 6 nitrogen and oxygen atoms in total. The third-order valence-corrected chi connectivity index (χ3v) is 8.34. The highest BCUT2D eigenvalue weighted by atomic mass is 31.2. The summed E-state index contributed by atoms with van der Waals surface area (Å²) < 4.78 is 48.2. The smallest absolute Gasteiger partial charge is 0.309 e. The Hall–Kier alpha value is -1.00. The van der Waals surface area contributed by atoms with E-state index in [1.807, 2.05) is 12.1 Å². The zero-order chi connectivity index (χ0) is 22.6. The summed E-state index contributed by atoms with van der Waals surface area (Å²) in [5.74, 6) is 0. The zero-order valence-electron chi connectivity index (χ0n) is 18.7. The summed E-state index contributed by atoms with van der Waals surface area (Å²) in [6.45, 7) is 16.1. The second-order valence-corrected chi connectivity index (χ2v) is 10.7. The Morgan fingerprint density at radius 3 is 1.20 bits per heavy atom. The van der Waals surface area contributed by atoms with Crippen molar-refractivity contribution in [1.82, 2.24) is 0 Å². The lowest BCUT2D eigenvalue weighted by Crippen LogP contribution is -2.06. The largest absolute Gasteiger partial charge is 0.335 e. The van der Waals surface area contributed by atoms with Crippen LogP contribution in [0.2, 0.25) is 0 Å². The van der Waals surface area contributed by atoms with E-state index >= 15 is 0 Å². The van der Waals surface area contributed by atoms with Crippen molar-refractivity contribution >= 4 is 15.2 Å². The van der Waals surface area contributed by atoms with Crippen molar-refractivity contribution in [2.24, 2.45) is 0 Å². The monoisotopic (exact) mass is 458 g/mol. The van der Waals surface area contributed by atoms with Gasteiger partial charge in [0.15, 0.2) is 0 Å². The third-order valence-electron chi connectivity index (χ3n) is 4.28. The molecular weight excluding hydrogens is 422 g/mol. The van der Waals surface area contributed by atoms with Crippen molar-refractivity contribution in [1.29, 1.82) is 0 Å². The lowest BCUT2D eigenvalue weighted by atomic mass is 9.96. The van der Waals surface area contributed by atoms with Gasteiger partial charge in [-0.1, -0.05) is 24.3 Å². The maximum absolute atomic E-state index is 13.1. The first-order valence-corrected chi connectivity index (χ1v) is 13.9. The van der Waals surface area contributed by atoms with Crippen molar-refractivity contribution in [2.45, 2.75) is 52.9 Å². The molecule has 0 N–H and O–H groups in total. The van der Waals surface area contributed by atoms with Crippen molar-refractivity contribution in [3.63, 3.8) is 0 Å². The number of hydrogen-bond donors (Lipinski definition) is 0. The minimum Gasteiger partial charge on any atom is -0.309 e. The summed E-state index contributed by atoms with van der Waals surface area (Å²) in [6, 6.07) is 3.95. The standard InChI is InChI=1S/C22H36O6P2/c1-7-13-19-15-22(18-30(24,27-11-5)28-12-6)20(14-8-2)16-21(19)17-29(23,25-9-3)26-10-4/h7-8,15-16H,1-2,9-14,17-18H2,3-6H3. The second kappa shape index (κ2) is 13.4. The van der Waals surface area contributed by atoms with Gasteiger partial charge in [0.1, 0.15) is 0 Å². The minimum absolute atomic E-state index is 0.164. The van der Waals surface area contributed by atoms with Gasteiger partial charge in [0, 0.05) is 0 Å². The second-order valence-electron chi connectivity index (χ2n) is 6.58. The van der Waals surface area contributed by atoms with Crippen LogP contribution in [0.25, 0.3) is 0 Å². The molecule has 0 spiro atoms. The van der Waals surface area contributed by atoms with Gasteiger partial charge in [-0.15, -0.1) is 13.2 Å². The average molecular weight is 458 g/mol. The minimum atomic E-state index is -3.27. The van der Waals surface area contributed by atoms with E-state index in [-0.39, 0.29) is 12.3 Å². The van der Waals surface area contributed by atoms with Crippen LogP contribution in [-0.4, -0.2) is 26.4 Å². The highest BCUT2D eigenvalue weighted by molar-refractivity contribution is 7.53. The summed E-state index contributed by atoms with van der Waals surface area (Å²) in [5.41, 5.74) is 3.60. The van der Waals surface area contributed by atoms with Gasteiger partial charge in [0.2, 0.25) is 0 Å². The zero-order valence-corrected chi connectivity index (χ0v) is 20.5. The fourth-order valence-electron chi connectivity index (χ4n) is 3.24. The van der Waals surface area contributed by atoms with Crippen LogP contribution in [-0.2, 0) is 52.4 Å². The first-order chi connectivity index (χ1) is 14.3. The molecule has 8 heteroatoms.